The summed E-state index contributed by atoms with van der Waals surface area (Å²) < 4.78 is 0. The average Bonchev–Trinajstić information content (AvgIpc) is 2.28. The topological polar surface area (TPSA) is 131 Å². The Bertz CT molecular complexity index is 384. The summed E-state index contributed by atoms with van der Waals surface area (Å²) in [6.07, 6.45) is 2.98. The lowest BCUT2D eigenvalue weighted by atomic mass is 9.82. The molecule has 8 nitrogen and oxygen atoms in total. The lowest BCUT2D eigenvalue weighted by Gasteiger charge is -2.08. The second-order valence-electron chi connectivity index (χ2n) is 3.62. The third kappa shape index (κ3) is 9.71. The number of carbonyl (C=O) groups is 2. The van der Waals surface area contributed by atoms with Crippen LogP contribution in [-0.4, -0.2) is 69.3 Å². The van der Waals surface area contributed by atoms with Crippen molar-refractivity contribution in [3.63, 3.8) is 0 Å². The number of rotatable bonds is 5. The number of carboxylic acid groups (broad SMARTS) is 2. The van der Waals surface area contributed by atoms with E-state index in [1.54, 1.807) is 18.3 Å². The molecule has 0 fully saturated rings. The highest BCUT2D eigenvalue weighted by Gasteiger charge is 2.08. The molecule has 0 aromatic carbocycles. The number of nitrogens with zero attached hydrogens (tertiary/aromatic N) is 2. The molecule has 0 radical (unpaired) electrons. The number of carboxylic acids is 2. The van der Waals surface area contributed by atoms with E-state index in [1.165, 1.54) is 18.1 Å². The van der Waals surface area contributed by atoms with Crippen LogP contribution in [0.25, 0.3) is 0 Å². The van der Waals surface area contributed by atoms with Crippen LogP contribution in [0, 0.1) is 0 Å². The summed E-state index contributed by atoms with van der Waals surface area (Å²) in [6, 6.07) is 3.24. The number of aromatic nitrogens is 1. The van der Waals surface area contributed by atoms with Gasteiger partial charge in [0.1, 0.15) is 0 Å². The van der Waals surface area contributed by atoms with Gasteiger partial charge in [-0.15, -0.1) is 0 Å². The zero-order valence-corrected chi connectivity index (χ0v) is 10.3. The monoisotopic (exact) mass is 270 g/mol. The number of hydrogen-bond donors (Lipinski definition) is 4. The summed E-state index contributed by atoms with van der Waals surface area (Å²) >= 11 is 0. The van der Waals surface area contributed by atoms with E-state index in [0.717, 1.165) is 0 Å². The minimum atomic E-state index is -1.40. The molecule has 0 aliphatic carbocycles. The SMILES string of the molecule is CN(CC(=O)O)CC(=O)O.OB(O)c1cccnc1. The molecule has 1 heterocycles. The molecule has 0 aliphatic heterocycles. The first-order valence-corrected chi connectivity index (χ1v) is 5.21. The van der Waals surface area contributed by atoms with Crippen molar-refractivity contribution < 1.29 is 29.9 Å². The van der Waals surface area contributed by atoms with Gasteiger partial charge in [-0.3, -0.25) is 19.5 Å². The van der Waals surface area contributed by atoms with Gasteiger partial charge in [0.25, 0.3) is 0 Å². The predicted molar refractivity (Wildman–Crippen MR) is 66.8 cm³/mol. The van der Waals surface area contributed by atoms with Crippen LogP contribution < -0.4 is 5.46 Å². The molecule has 0 amide bonds. The third-order valence-electron chi connectivity index (χ3n) is 1.79. The van der Waals surface area contributed by atoms with Gasteiger partial charge in [0.15, 0.2) is 0 Å². The van der Waals surface area contributed by atoms with E-state index in [1.807, 2.05) is 0 Å². The van der Waals surface area contributed by atoms with Crippen LogP contribution in [0.3, 0.4) is 0 Å². The molecule has 0 unspecified atom stereocenters. The average molecular weight is 270 g/mol. The van der Waals surface area contributed by atoms with Gasteiger partial charge in [0.2, 0.25) is 0 Å². The van der Waals surface area contributed by atoms with Crippen molar-refractivity contribution in [3.8, 4) is 0 Å². The van der Waals surface area contributed by atoms with E-state index in [0.29, 0.717) is 5.46 Å². The molecular formula is C10H15BN2O6. The van der Waals surface area contributed by atoms with Gasteiger partial charge in [0.05, 0.1) is 13.1 Å². The van der Waals surface area contributed by atoms with Crippen molar-refractivity contribution in [1.82, 2.24) is 9.88 Å². The highest BCUT2D eigenvalue weighted by molar-refractivity contribution is 6.58. The van der Waals surface area contributed by atoms with E-state index in [2.05, 4.69) is 4.98 Å². The zero-order chi connectivity index (χ0) is 14.8. The molecule has 9 heteroatoms. The molecule has 1 aromatic rings. The fraction of sp³-hybridized carbons (Fsp3) is 0.300. The van der Waals surface area contributed by atoms with Crippen LogP contribution in [0.1, 0.15) is 0 Å². The zero-order valence-electron chi connectivity index (χ0n) is 10.3. The maximum absolute atomic E-state index is 9.96. The van der Waals surface area contributed by atoms with Crippen LogP contribution in [0.4, 0.5) is 0 Å². The molecule has 0 saturated heterocycles. The Hall–Kier alpha value is -1.97. The van der Waals surface area contributed by atoms with Gasteiger partial charge in [0, 0.05) is 17.9 Å². The Morgan fingerprint density at radius 3 is 2.05 bits per heavy atom. The van der Waals surface area contributed by atoms with E-state index in [9.17, 15) is 9.59 Å². The van der Waals surface area contributed by atoms with Gasteiger partial charge >= 0.3 is 19.1 Å². The van der Waals surface area contributed by atoms with E-state index >= 15 is 0 Å². The normalized spacial score (nSPS) is 9.47. The lowest BCUT2D eigenvalue weighted by Crippen LogP contribution is -2.30. The largest absolute Gasteiger partial charge is 0.490 e. The number of aliphatic carboxylic acids is 2. The second kappa shape index (κ2) is 9.03. The third-order valence-corrected chi connectivity index (χ3v) is 1.79. The Balaban J connectivity index is 0.000000342. The molecule has 0 spiro atoms. The van der Waals surface area contributed by atoms with Crippen molar-refractivity contribution in [2.24, 2.45) is 0 Å². The summed E-state index contributed by atoms with van der Waals surface area (Å²) in [5.41, 5.74) is 0.414. The Morgan fingerprint density at radius 1 is 1.26 bits per heavy atom. The van der Waals surface area contributed by atoms with E-state index in [4.69, 9.17) is 20.3 Å². The summed E-state index contributed by atoms with van der Waals surface area (Å²) in [5.74, 6) is -2.05. The molecule has 4 N–H and O–H groups in total. The van der Waals surface area contributed by atoms with Crippen LogP contribution >= 0.6 is 0 Å². The first-order valence-electron chi connectivity index (χ1n) is 5.21. The number of hydrogen-bond acceptors (Lipinski definition) is 6. The maximum atomic E-state index is 9.96. The lowest BCUT2D eigenvalue weighted by molar-refractivity contribution is -0.141. The van der Waals surface area contributed by atoms with Crippen LogP contribution in [-0.2, 0) is 9.59 Å². The van der Waals surface area contributed by atoms with Crippen molar-refractivity contribution in [2.45, 2.75) is 0 Å². The summed E-state index contributed by atoms with van der Waals surface area (Å²) in [7, 11) is 0.0288. The molecule has 104 valence electrons. The quantitative estimate of drug-likeness (QED) is 0.445. The van der Waals surface area contributed by atoms with Gasteiger partial charge in [-0.25, -0.2) is 0 Å². The first kappa shape index (κ1) is 17.0. The highest BCUT2D eigenvalue weighted by atomic mass is 16.4. The van der Waals surface area contributed by atoms with Crippen LogP contribution in [0.15, 0.2) is 24.5 Å². The van der Waals surface area contributed by atoms with Crippen molar-refractivity contribution in [3.05, 3.63) is 24.5 Å². The first-order chi connectivity index (χ1) is 8.82. The minimum absolute atomic E-state index is 0.244. The fourth-order valence-corrected chi connectivity index (χ4v) is 1.05. The molecule has 0 bridgehead atoms. The minimum Gasteiger partial charge on any atom is -0.480 e. The van der Waals surface area contributed by atoms with Gasteiger partial charge in [-0.2, -0.15) is 0 Å². The Kier molecular flexibility index (Phi) is 8.10. The molecule has 0 saturated carbocycles. The summed E-state index contributed by atoms with van der Waals surface area (Å²) in [4.78, 5) is 24.8. The smallest absolute Gasteiger partial charge is 0.480 e. The van der Waals surface area contributed by atoms with Crippen molar-refractivity contribution in [2.75, 3.05) is 20.1 Å². The van der Waals surface area contributed by atoms with Crippen LogP contribution in [0.5, 0.6) is 0 Å². The molecule has 1 aromatic heterocycles. The molecule has 19 heavy (non-hydrogen) atoms. The second-order valence-corrected chi connectivity index (χ2v) is 3.62. The number of likely N-dealkylation sites (N-methyl/N-ethyl adjacent to an activating group) is 1. The van der Waals surface area contributed by atoms with E-state index in [-0.39, 0.29) is 13.1 Å². The van der Waals surface area contributed by atoms with Crippen LogP contribution in [0.2, 0.25) is 0 Å². The Morgan fingerprint density at radius 2 is 1.79 bits per heavy atom. The predicted octanol–water partition coefficient (Wildman–Crippen LogP) is -2.15. The highest BCUT2D eigenvalue weighted by Crippen LogP contribution is 1.80. The standard InChI is InChI=1S/C5H6BNO2.C5H9NO4/c8-6(9)5-2-1-3-7-4-5;1-6(2-4(7)8)3-5(9)10/h1-4,8-9H;2-3H2,1H3,(H,7,8)(H,9,10). The van der Waals surface area contributed by atoms with Crippen molar-refractivity contribution in [1.29, 1.82) is 0 Å². The molecule has 0 atom stereocenters. The van der Waals surface area contributed by atoms with Gasteiger partial charge in [-0.1, -0.05) is 6.07 Å². The summed E-state index contributed by atoms with van der Waals surface area (Å²) in [6.45, 7) is -0.488. The van der Waals surface area contributed by atoms with E-state index < -0.39 is 19.1 Å². The van der Waals surface area contributed by atoms with Crippen molar-refractivity contribution >= 4 is 24.5 Å². The summed E-state index contributed by atoms with van der Waals surface area (Å²) in [5, 5.41) is 33.4. The molecule has 1 rings (SSSR count). The number of pyridine rings is 1. The molecule has 0 aliphatic rings. The maximum Gasteiger partial charge on any atom is 0.490 e. The molecular weight excluding hydrogens is 255 g/mol. The fourth-order valence-electron chi connectivity index (χ4n) is 1.05. The van der Waals surface area contributed by atoms with Gasteiger partial charge < -0.3 is 20.3 Å². The Labute approximate surface area is 110 Å². The van der Waals surface area contributed by atoms with Gasteiger partial charge in [-0.05, 0) is 13.1 Å².